The van der Waals surface area contributed by atoms with Gasteiger partial charge in [0.25, 0.3) is 0 Å². The highest BCUT2D eigenvalue weighted by atomic mass is 35.5. The largest absolute Gasteiger partial charge is 0.354 e. The normalized spacial score (nSPS) is 12.2. The zero-order valence-corrected chi connectivity index (χ0v) is 24.1. The lowest BCUT2D eigenvalue weighted by atomic mass is 10.1. The molecule has 2 aromatic carbocycles. The molecule has 0 radical (unpaired) electrons. The fourth-order valence-corrected chi connectivity index (χ4v) is 5.37. The van der Waals surface area contributed by atoms with Gasteiger partial charge in [0.15, 0.2) is 0 Å². The zero-order valence-electron chi connectivity index (χ0n) is 20.2. The van der Waals surface area contributed by atoms with Crippen LogP contribution in [0.15, 0.2) is 36.4 Å². The van der Waals surface area contributed by atoms with Crippen molar-refractivity contribution >= 4 is 73.9 Å². The van der Waals surface area contributed by atoms with Crippen molar-refractivity contribution in [2.75, 3.05) is 23.7 Å². The van der Waals surface area contributed by atoms with Gasteiger partial charge in [0.2, 0.25) is 21.8 Å². The molecule has 198 valence electrons. The van der Waals surface area contributed by atoms with Crippen LogP contribution in [0, 0.1) is 0 Å². The lowest BCUT2D eigenvalue weighted by Crippen LogP contribution is -2.52. The van der Waals surface area contributed by atoms with Crippen molar-refractivity contribution in [2.24, 2.45) is 0 Å². The monoisotopic (exact) mass is 595 g/mol. The number of nitrogens with zero attached hydrogens (tertiary/aromatic N) is 2. The summed E-state index contributed by atoms with van der Waals surface area (Å²) >= 11 is 24.5. The van der Waals surface area contributed by atoms with Crippen LogP contribution in [0.1, 0.15) is 38.7 Å². The van der Waals surface area contributed by atoms with Crippen LogP contribution in [-0.2, 0) is 26.2 Å². The lowest BCUT2D eigenvalue weighted by molar-refractivity contribution is -0.140. The van der Waals surface area contributed by atoms with Crippen molar-refractivity contribution < 1.29 is 18.0 Å². The minimum atomic E-state index is -3.91. The fourth-order valence-electron chi connectivity index (χ4n) is 3.56. The number of halogens is 4. The Morgan fingerprint density at radius 2 is 1.61 bits per heavy atom. The summed E-state index contributed by atoms with van der Waals surface area (Å²) in [7, 11) is -3.91. The molecule has 0 aliphatic carbocycles. The molecule has 2 aromatic rings. The molecule has 0 fully saturated rings. The van der Waals surface area contributed by atoms with Crippen molar-refractivity contribution in [3.63, 3.8) is 0 Å². The van der Waals surface area contributed by atoms with E-state index in [0.29, 0.717) is 28.6 Å². The Hall–Kier alpha value is -1.71. The lowest BCUT2D eigenvalue weighted by Gasteiger charge is -2.33. The van der Waals surface area contributed by atoms with Gasteiger partial charge in [-0.3, -0.25) is 13.9 Å². The van der Waals surface area contributed by atoms with E-state index in [0.717, 1.165) is 23.4 Å². The molecular formula is C24H29Cl4N3O4S. The highest BCUT2D eigenvalue weighted by Gasteiger charge is 2.32. The van der Waals surface area contributed by atoms with E-state index in [1.807, 2.05) is 6.92 Å². The molecule has 2 amide bonds. The molecule has 0 bridgehead atoms. The number of unbranched alkanes of at least 4 members (excludes halogenated alkanes) is 1. The number of rotatable bonds is 12. The number of hydrogen-bond donors (Lipinski definition) is 1. The van der Waals surface area contributed by atoms with Crippen LogP contribution in [0.25, 0.3) is 0 Å². The Bertz CT molecular complexity index is 1170. The minimum Gasteiger partial charge on any atom is -0.354 e. The summed E-state index contributed by atoms with van der Waals surface area (Å²) in [6.07, 6.45) is 2.96. The molecular weight excluding hydrogens is 568 g/mol. The predicted molar refractivity (Wildman–Crippen MR) is 148 cm³/mol. The second kappa shape index (κ2) is 13.7. The van der Waals surface area contributed by atoms with Crippen LogP contribution < -0.4 is 9.62 Å². The molecule has 1 N–H and O–H groups in total. The maximum atomic E-state index is 13.7. The van der Waals surface area contributed by atoms with Crippen LogP contribution in [0.5, 0.6) is 0 Å². The Labute approximate surface area is 232 Å². The minimum absolute atomic E-state index is 0.0254. The summed E-state index contributed by atoms with van der Waals surface area (Å²) in [5.41, 5.74) is 0.694. The van der Waals surface area contributed by atoms with Crippen LogP contribution in [0.3, 0.4) is 0 Å². The quantitative estimate of drug-likeness (QED) is 0.314. The van der Waals surface area contributed by atoms with Gasteiger partial charge in [-0.25, -0.2) is 8.42 Å². The van der Waals surface area contributed by atoms with Gasteiger partial charge in [-0.05, 0) is 48.7 Å². The third-order valence-corrected chi connectivity index (χ3v) is 7.55. The van der Waals surface area contributed by atoms with Crippen molar-refractivity contribution in [3.05, 3.63) is 62.1 Å². The molecule has 2 rings (SSSR count). The average molecular weight is 597 g/mol. The van der Waals surface area contributed by atoms with Gasteiger partial charge >= 0.3 is 0 Å². The average Bonchev–Trinajstić information content (AvgIpc) is 2.77. The van der Waals surface area contributed by atoms with Gasteiger partial charge in [-0.15, -0.1) is 0 Å². The third-order valence-electron chi connectivity index (χ3n) is 5.39. The molecule has 0 aromatic heterocycles. The number of benzene rings is 2. The summed E-state index contributed by atoms with van der Waals surface area (Å²) in [4.78, 5) is 28.0. The van der Waals surface area contributed by atoms with Gasteiger partial charge in [-0.1, -0.05) is 72.7 Å². The topological polar surface area (TPSA) is 86.8 Å². The van der Waals surface area contributed by atoms with Crippen molar-refractivity contribution in [3.8, 4) is 0 Å². The van der Waals surface area contributed by atoms with E-state index in [2.05, 4.69) is 5.32 Å². The zero-order chi connectivity index (χ0) is 27.0. The molecule has 0 saturated heterocycles. The molecule has 0 saturated carbocycles. The van der Waals surface area contributed by atoms with E-state index in [1.54, 1.807) is 25.1 Å². The molecule has 1 atom stereocenters. The van der Waals surface area contributed by atoms with Gasteiger partial charge in [0.05, 0.1) is 11.9 Å². The number of carbonyl (C=O) groups is 2. The van der Waals surface area contributed by atoms with E-state index in [1.165, 1.54) is 23.1 Å². The van der Waals surface area contributed by atoms with E-state index in [9.17, 15) is 18.0 Å². The number of nitrogens with one attached hydrogen (secondary N) is 1. The molecule has 0 aliphatic heterocycles. The van der Waals surface area contributed by atoms with E-state index >= 15 is 0 Å². The Morgan fingerprint density at radius 1 is 0.972 bits per heavy atom. The fraction of sp³-hybridized carbons (Fsp3) is 0.417. The first-order valence-electron chi connectivity index (χ1n) is 11.3. The Morgan fingerprint density at radius 3 is 2.14 bits per heavy atom. The number of amides is 2. The highest BCUT2D eigenvalue weighted by molar-refractivity contribution is 7.92. The summed E-state index contributed by atoms with van der Waals surface area (Å²) in [5.74, 6) is -0.930. The van der Waals surface area contributed by atoms with Gasteiger partial charge in [-0.2, -0.15) is 0 Å². The van der Waals surface area contributed by atoms with Crippen molar-refractivity contribution in [2.45, 2.75) is 45.7 Å². The molecule has 0 aliphatic rings. The van der Waals surface area contributed by atoms with Crippen LogP contribution in [0.4, 0.5) is 5.69 Å². The van der Waals surface area contributed by atoms with Gasteiger partial charge in [0.1, 0.15) is 12.6 Å². The predicted octanol–water partition coefficient (Wildman–Crippen LogP) is 5.79. The van der Waals surface area contributed by atoms with Gasteiger partial charge < -0.3 is 10.2 Å². The molecule has 0 heterocycles. The third kappa shape index (κ3) is 8.70. The Balaban J connectivity index is 2.47. The number of anilines is 1. The van der Waals surface area contributed by atoms with Crippen LogP contribution in [-0.4, -0.2) is 50.5 Å². The summed E-state index contributed by atoms with van der Waals surface area (Å²) in [6, 6.07) is 8.23. The summed E-state index contributed by atoms with van der Waals surface area (Å²) in [6.45, 7) is 3.65. The van der Waals surface area contributed by atoms with Crippen molar-refractivity contribution in [1.82, 2.24) is 10.2 Å². The number of hydrogen-bond acceptors (Lipinski definition) is 4. The summed E-state index contributed by atoms with van der Waals surface area (Å²) in [5, 5.41) is 4.03. The standard InChI is InChI=1S/C24H29Cl4N3O4S/c1-4-6-9-29-24(33)22(5-2)30(14-16-7-8-17(25)13-21(16)28)23(32)15-31(36(3,34)35)20-11-18(26)10-19(27)12-20/h7-8,10-13,22H,4-6,9,14-15H2,1-3H3,(H,29,33)/t22-/m0/s1. The maximum absolute atomic E-state index is 13.7. The summed E-state index contributed by atoms with van der Waals surface area (Å²) < 4.78 is 26.2. The second-order valence-corrected chi connectivity index (χ2v) is 11.8. The van der Waals surface area contributed by atoms with Crippen molar-refractivity contribution in [1.29, 1.82) is 0 Å². The molecule has 7 nitrogen and oxygen atoms in total. The second-order valence-electron chi connectivity index (χ2n) is 8.22. The number of sulfonamides is 1. The van der Waals surface area contributed by atoms with Crippen LogP contribution in [0.2, 0.25) is 20.1 Å². The number of carbonyl (C=O) groups excluding carboxylic acids is 2. The SMILES string of the molecule is CCCCNC(=O)[C@H](CC)N(Cc1ccc(Cl)cc1Cl)C(=O)CN(c1cc(Cl)cc(Cl)c1)S(C)(=O)=O. The van der Waals surface area contributed by atoms with Crippen LogP contribution >= 0.6 is 46.4 Å². The first kappa shape index (κ1) is 30.5. The van der Waals surface area contributed by atoms with E-state index in [-0.39, 0.29) is 28.2 Å². The first-order chi connectivity index (χ1) is 16.9. The molecule has 12 heteroatoms. The molecule has 0 spiro atoms. The van der Waals surface area contributed by atoms with Gasteiger partial charge in [0, 0.05) is 33.2 Å². The molecule has 36 heavy (non-hydrogen) atoms. The van der Waals surface area contributed by atoms with E-state index in [4.69, 9.17) is 46.4 Å². The first-order valence-corrected chi connectivity index (χ1v) is 14.7. The smallest absolute Gasteiger partial charge is 0.244 e. The van der Waals surface area contributed by atoms with E-state index < -0.39 is 28.5 Å². The molecule has 0 unspecified atom stereocenters. The highest BCUT2D eigenvalue weighted by Crippen LogP contribution is 2.28. The Kier molecular flexibility index (Phi) is 11.6. The maximum Gasteiger partial charge on any atom is 0.244 e.